The van der Waals surface area contributed by atoms with Crippen LogP contribution in [0.1, 0.15) is 23.2 Å². The summed E-state index contributed by atoms with van der Waals surface area (Å²) >= 11 is 6.08. The van der Waals surface area contributed by atoms with E-state index in [-0.39, 0.29) is 23.5 Å². The maximum absolute atomic E-state index is 12.9. The summed E-state index contributed by atoms with van der Waals surface area (Å²) in [7, 11) is 0. The zero-order chi connectivity index (χ0) is 17.8. The van der Waals surface area contributed by atoms with E-state index in [9.17, 15) is 14.0 Å². The van der Waals surface area contributed by atoms with Gasteiger partial charge in [-0.05, 0) is 49.2 Å². The standard InChI is InChI=1S/C19H18ClFN2O2/c20-17-4-2-1-3-16(17)19(25)23-11-9-13(10-12-23)18(24)22-15-7-5-14(21)6-8-15/h1-8,13H,9-12H2,(H,22,24). The van der Waals surface area contributed by atoms with E-state index < -0.39 is 0 Å². The van der Waals surface area contributed by atoms with Crippen LogP contribution in [0.3, 0.4) is 0 Å². The van der Waals surface area contributed by atoms with E-state index in [0.717, 1.165) is 0 Å². The Hall–Kier alpha value is -2.40. The molecule has 0 saturated carbocycles. The van der Waals surface area contributed by atoms with Gasteiger partial charge in [0, 0.05) is 24.7 Å². The predicted molar refractivity (Wildman–Crippen MR) is 95.1 cm³/mol. The number of carbonyl (C=O) groups is 2. The number of halogens is 2. The van der Waals surface area contributed by atoms with Gasteiger partial charge in [-0.15, -0.1) is 0 Å². The van der Waals surface area contributed by atoms with Gasteiger partial charge in [0.05, 0.1) is 10.6 Å². The molecular formula is C19H18ClFN2O2. The third-order valence-corrected chi connectivity index (χ3v) is 4.70. The normalized spacial score (nSPS) is 15.0. The summed E-state index contributed by atoms with van der Waals surface area (Å²) < 4.78 is 12.9. The van der Waals surface area contributed by atoms with Gasteiger partial charge in [-0.1, -0.05) is 23.7 Å². The first kappa shape index (κ1) is 17.4. The van der Waals surface area contributed by atoms with E-state index in [4.69, 9.17) is 11.6 Å². The number of rotatable bonds is 3. The fourth-order valence-electron chi connectivity index (χ4n) is 2.93. The Balaban J connectivity index is 1.56. The third kappa shape index (κ3) is 4.17. The van der Waals surface area contributed by atoms with Crippen LogP contribution in [0.5, 0.6) is 0 Å². The number of anilines is 1. The Morgan fingerprint density at radius 2 is 1.68 bits per heavy atom. The Labute approximate surface area is 150 Å². The second-order valence-electron chi connectivity index (χ2n) is 6.04. The summed E-state index contributed by atoms with van der Waals surface area (Å²) in [4.78, 5) is 26.6. The molecule has 1 aliphatic heterocycles. The molecule has 0 unspecified atom stereocenters. The Kier molecular flexibility index (Phi) is 5.34. The minimum Gasteiger partial charge on any atom is -0.339 e. The van der Waals surface area contributed by atoms with Crippen LogP contribution >= 0.6 is 11.6 Å². The van der Waals surface area contributed by atoms with Crippen molar-refractivity contribution in [3.8, 4) is 0 Å². The van der Waals surface area contributed by atoms with E-state index in [2.05, 4.69) is 5.32 Å². The van der Waals surface area contributed by atoms with Gasteiger partial charge in [0.15, 0.2) is 0 Å². The molecule has 0 spiro atoms. The highest BCUT2D eigenvalue weighted by Gasteiger charge is 2.28. The van der Waals surface area contributed by atoms with E-state index in [0.29, 0.717) is 42.2 Å². The van der Waals surface area contributed by atoms with Crippen molar-refractivity contribution in [1.82, 2.24) is 4.90 Å². The summed E-state index contributed by atoms with van der Waals surface area (Å²) in [5.41, 5.74) is 1.05. The van der Waals surface area contributed by atoms with Crippen LogP contribution < -0.4 is 5.32 Å². The predicted octanol–water partition coefficient (Wildman–Crippen LogP) is 3.97. The van der Waals surface area contributed by atoms with E-state index >= 15 is 0 Å². The monoisotopic (exact) mass is 360 g/mol. The lowest BCUT2D eigenvalue weighted by molar-refractivity contribution is -0.121. The van der Waals surface area contributed by atoms with E-state index in [1.807, 2.05) is 0 Å². The average Bonchev–Trinajstić information content (AvgIpc) is 2.63. The molecule has 6 heteroatoms. The van der Waals surface area contributed by atoms with E-state index in [1.54, 1.807) is 29.2 Å². The van der Waals surface area contributed by atoms with Crippen LogP contribution in [0.25, 0.3) is 0 Å². The minimum absolute atomic E-state index is 0.101. The lowest BCUT2D eigenvalue weighted by atomic mass is 9.95. The minimum atomic E-state index is -0.343. The number of hydrogen-bond donors (Lipinski definition) is 1. The van der Waals surface area contributed by atoms with Crippen molar-refractivity contribution in [2.45, 2.75) is 12.8 Å². The molecule has 130 valence electrons. The summed E-state index contributed by atoms with van der Waals surface area (Å²) in [5, 5.41) is 3.23. The number of likely N-dealkylation sites (tertiary alicyclic amines) is 1. The van der Waals surface area contributed by atoms with Gasteiger partial charge in [0.1, 0.15) is 5.82 Å². The number of hydrogen-bond acceptors (Lipinski definition) is 2. The van der Waals surface area contributed by atoms with Crippen LogP contribution in [0.15, 0.2) is 48.5 Å². The molecule has 4 nitrogen and oxygen atoms in total. The zero-order valence-corrected chi connectivity index (χ0v) is 14.3. The van der Waals surface area contributed by atoms with Crippen molar-refractivity contribution in [3.05, 3.63) is 64.9 Å². The lowest BCUT2D eigenvalue weighted by Gasteiger charge is -2.31. The number of piperidine rings is 1. The molecule has 2 aromatic rings. The fraction of sp³-hybridized carbons (Fsp3) is 0.263. The quantitative estimate of drug-likeness (QED) is 0.900. The molecule has 0 radical (unpaired) electrons. The Bertz CT molecular complexity index is 771. The van der Waals surface area contributed by atoms with Crippen molar-refractivity contribution in [2.24, 2.45) is 5.92 Å². The highest BCUT2D eigenvalue weighted by molar-refractivity contribution is 6.33. The molecule has 3 rings (SSSR count). The van der Waals surface area contributed by atoms with E-state index in [1.165, 1.54) is 24.3 Å². The zero-order valence-electron chi connectivity index (χ0n) is 13.5. The largest absolute Gasteiger partial charge is 0.339 e. The van der Waals surface area contributed by atoms with Gasteiger partial charge in [0.25, 0.3) is 5.91 Å². The molecule has 1 N–H and O–H groups in total. The molecule has 1 aliphatic rings. The van der Waals surface area contributed by atoms with Crippen LogP contribution in [0.4, 0.5) is 10.1 Å². The second kappa shape index (κ2) is 7.66. The lowest BCUT2D eigenvalue weighted by Crippen LogP contribution is -2.41. The molecule has 2 amide bonds. The number of benzene rings is 2. The molecule has 2 aromatic carbocycles. The summed E-state index contributed by atoms with van der Waals surface area (Å²) in [6, 6.07) is 12.6. The van der Waals surface area contributed by atoms with Gasteiger partial charge in [-0.25, -0.2) is 4.39 Å². The topological polar surface area (TPSA) is 49.4 Å². The molecule has 1 saturated heterocycles. The highest BCUT2D eigenvalue weighted by atomic mass is 35.5. The van der Waals surface area contributed by atoms with Crippen molar-refractivity contribution in [1.29, 1.82) is 0 Å². The van der Waals surface area contributed by atoms with Crippen molar-refractivity contribution in [3.63, 3.8) is 0 Å². The SMILES string of the molecule is O=C(Nc1ccc(F)cc1)C1CCN(C(=O)c2ccccc2Cl)CC1. The van der Waals surface area contributed by atoms with Gasteiger partial charge in [-0.3, -0.25) is 9.59 Å². The average molecular weight is 361 g/mol. The van der Waals surface area contributed by atoms with Gasteiger partial charge in [-0.2, -0.15) is 0 Å². The van der Waals surface area contributed by atoms with Crippen molar-refractivity contribution < 1.29 is 14.0 Å². The van der Waals surface area contributed by atoms with Crippen molar-refractivity contribution >= 4 is 29.1 Å². The maximum atomic E-state index is 12.9. The van der Waals surface area contributed by atoms with Crippen LogP contribution in [0.2, 0.25) is 5.02 Å². The summed E-state index contributed by atoms with van der Waals surface area (Å²) in [6.07, 6.45) is 1.17. The Morgan fingerprint density at radius 1 is 1.04 bits per heavy atom. The fourth-order valence-corrected chi connectivity index (χ4v) is 3.14. The van der Waals surface area contributed by atoms with Crippen LogP contribution in [-0.2, 0) is 4.79 Å². The molecule has 0 atom stereocenters. The Morgan fingerprint density at radius 3 is 2.32 bits per heavy atom. The molecule has 1 heterocycles. The van der Waals surface area contributed by atoms with Gasteiger partial charge < -0.3 is 10.2 Å². The third-order valence-electron chi connectivity index (χ3n) is 4.37. The number of amides is 2. The second-order valence-corrected chi connectivity index (χ2v) is 6.45. The summed E-state index contributed by atoms with van der Waals surface area (Å²) in [6.45, 7) is 1.01. The first-order valence-electron chi connectivity index (χ1n) is 8.15. The van der Waals surface area contributed by atoms with Crippen LogP contribution in [0, 0.1) is 11.7 Å². The van der Waals surface area contributed by atoms with Crippen LogP contribution in [-0.4, -0.2) is 29.8 Å². The molecule has 0 aromatic heterocycles. The van der Waals surface area contributed by atoms with Gasteiger partial charge >= 0.3 is 0 Å². The summed E-state index contributed by atoms with van der Waals surface area (Å²) in [5.74, 6) is -0.718. The smallest absolute Gasteiger partial charge is 0.255 e. The first-order valence-corrected chi connectivity index (χ1v) is 8.52. The molecular weight excluding hydrogens is 343 g/mol. The number of nitrogens with zero attached hydrogens (tertiary/aromatic N) is 1. The molecule has 1 fully saturated rings. The van der Waals surface area contributed by atoms with Crippen molar-refractivity contribution in [2.75, 3.05) is 18.4 Å². The van der Waals surface area contributed by atoms with Gasteiger partial charge in [0.2, 0.25) is 5.91 Å². The molecule has 0 bridgehead atoms. The molecule has 25 heavy (non-hydrogen) atoms. The highest BCUT2D eigenvalue weighted by Crippen LogP contribution is 2.23. The first-order chi connectivity index (χ1) is 12.0. The number of nitrogens with one attached hydrogen (secondary N) is 1. The maximum Gasteiger partial charge on any atom is 0.255 e. The number of carbonyl (C=O) groups excluding carboxylic acids is 2. The molecule has 0 aliphatic carbocycles.